The van der Waals surface area contributed by atoms with Crippen LogP contribution in [-0.4, -0.2) is 46.0 Å². The summed E-state index contributed by atoms with van der Waals surface area (Å²) in [5.74, 6) is -0.659. The molecule has 0 aromatic carbocycles. The molecule has 0 aliphatic carbocycles. The molecule has 0 spiro atoms. The van der Waals surface area contributed by atoms with E-state index in [4.69, 9.17) is 16.4 Å². The number of β-amino-alcohol motifs (C(OH)–C–C–N with tert-alkyl or cyclic N) is 1. The zero-order chi connectivity index (χ0) is 16.8. The molecule has 0 aliphatic heterocycles. The van der Waals surface area contributed by atoms with Gasteiger partial charge in [-0.15, -0.1) is 0 Å². The monoisotopic (exact) mass is 329 g/mol. The molecule has 0 aliphatic rings. The number of carbonyl (C=O) groups excluding carboxylic acids is 2. The maximum absolute atomic E-state index is 11.9. The third-order valence-electron chi connectivity index (χ3n) is 2.55. The lowest BCUT2D eigenvalue weighted by Crippen LogP contribution is -2.43. The van der Waals surface area contributed by atoms with Crippen molar-refractivity contribution in [1.82, 2.24) is 15.8 Å². The van der Waals surface area contributed by atoms with Crippen molar-refractivity contribution >= 4 is 22.8 Å². The predicted molar refractivity (Wildman–Crippen MR) is 81.6 cm³/mol. The van der Waals surface area contributed by atoms with Gasteiger partial charge in [-0.3, -0.25) is 19.4 Å². The minimum atomic E-state index is -0.833. The van der Waals surface area contributed by atoms with Gasteiger partial charge in [0.15, 0.2) is 0 Å². The molecule has 0 bridgehead atoms. The maximum Gasteiger partial charge on any atom is 0.277 e. The van der Waals surface area contributed by atoms with Crippen molar-refractivity contribution < 1.29 is 19.5 Å². The number of hydrogen-bond donors (Lipinski definition) is 3. The highest BCUT2D eigenvalue weighted by Gasteiger charge is 2.17. The van der Waals surface area contributed by atoms with Gasteiger partial charge in [-0.05, 0) is 44.5 Å². The zero-order valence-electron chi connectivity index (χ0n) is 12.7. The third kappa shape index (κ3) is 6.48. The van der Waals surface area contributed by atoms with Gasteiger partial charge in [0.2, 0.25) is 0 Å². The number of amides is 1. The van der Waals surface area contributed by atoms with Gasteiger partial charge in [0.25, 0.3) is 11.1 Å². The summed E-state index contributed by atoms with van der Waals surface area (Å²) in [6.45, 7) is 6.12. The first-order valence-electron chi connectivity index (χ1n) is 6.71. The maximum atomic E-state index is 11.9. The second-order valence-electron chi connectivity index (χ2n) is 5.70. The quantitative estimate of drug-likeness (QED) is 0.507. The van der Waals surface area contributed by atoms with E-state index in [0.717, 1.165) is 0 Å². The SMILES string of the molecule is CC(C)(C)NCC(O)CONC(=O)c1cccnc1C(=O)Cl. The third-order valence-corrected chi connectivity index (χ3v) is 2.73. The number of nitrogens with one attached hydrogen (secondary N) is 2. The number of hydrogen-bond acceptors (Lipinski definition) is 6. The van der Waals surface area contributed by atoms with Crippen LogP contribution in [0.2, 0.25) is 0 Å². The minimum absolute atomic E-state index is 0.00445. The van der Waals surface area contributed by atoms with Crippen molar-refractivity contribution in [1.29, 1.82) is 0 Å². The summed E-state index contributed by atoms with van der Waals surface area (Å²) >= 11 is 5.35. The summed E-state index contributed by atoms with van der Waals surface area (Å²) in [6.07, 6.45) is 0.567. The molecule has 3 N–H and O–H groups in total. The Hall–Kier alpha value is -1.54. The molecule has 8 heteroatoms. The predicted octanol–water partition coefficient (Wildman–Crippen LogP) is 0.871. The van der Waals surface area contributed by atoms with E-state index in [1.165, 1.54) is 18.3 Å². The lowest BCUT2D eigenvalue weighted by atomic mass is 10.1. The second-order valence-corrected chi connectivity index (χ2v) is 6.04. The van der Waals surface area contributed by atoms with Gasteiger partial charge in [0.05, 0.1) is 11.7 Å². The first-order valence-corrected chi connectivity index (χ1v) is 7.08. The van der Waals surface area contributed by atoms with Crippen LogP contribution in [0.3, 0.4) is 0 Å². The molecule has 122 valence electrons. The summed E-state index contributed by atoms with van der Waals surface area (Å²) in [7, 11) is 0. The van der Waals surface area contributed by atoms with Crippen LogP contribution in [0, 0.1) is 0 Å². The van der Waals surface area contributed by atoms with Crippen LogP contribution in [0.15, 0.2) is 18.3 Å². The van der Waals surface area contributed by atoms with Crippen molar-refractivity contribution in [2.45, 2.75) is 32.4 Å². The molecule has 1 aromatic heterocycles. The van der Waals surface area contributed by atoms with E-state index in [-0.39, 0.29) is 23.4 Å². The molecular formula is C14H20ClN3O4. The normalized spacial score (nSPS) is 12.8. The number of aliphatic hydroxyl groups excluding tert-OH is 1. The van der Waals surface area contributed by atoms with E-state index >= 15 is 0 Å². The summed E-state index contributed by atoms with van der Waals surface area (Å²) in [5, 5.41) is 12.0. The topological polar surface area (TPSA) is 101 Å². The largest absolute Gasteiger partial charge is 0.389 e. The number of nitrogens with zero attached hydrogens (tertiary/aromatic N) is 1. The minimum Gasteiger partial charge on any atom is -0.389 e. The molecule has 0 radical (unpaired) electrons. The number of aromatic nitrogens is 1. The van der Waals surface area contributed by atoms with Gasteiger partial charge in [-0.2, -0.15) is 0 Å². The van der Waals surface area contributed by atoms with Gasteiger partial charge in [-0.1, -0.05) is 0 Å². The van der Waals surface area contributed by atoms with E-state index in [1.807, 2.05) is 20.8 Å². The molecular weight excluding hydrogens is 310 g/mol. The van der Waals surface area contributed by atoms with E-state index in [2.05, 4.69) is 15.8 Å². The fourth-order valence-corrected chi connectivity index (χ4v) is 1.64. The van der Waals surface area contributed by atoms with Gasteiger partial charge in [0, 0.05) is 18.3 Å². The van der Waals surface area contributed by atoms with E-state index in [9.17, 15) is 14.7 Å². The van der Waals surface area contributed by atoms with Crippen LogP contribution in [-0.2, 0) is 4.84 Å². The summed E-state index contributed by atoms with van der Waals surface area (Å²) < 4.78 is 0. The number of pyridine rings is 1. The van der Waals surface area contributed by atoms with E-state index in [1.54, 1.807) is 0 Å². The molecule has 1 amide bonds. The van der Waals surface area contributed by atoms with Gasteiger partial charge in [0.1, 0.15) is 12.3 Å². The Morgan fingerprint density at radius 1 is 1.45 bits per heavy atom. The summed E-state index contributed by atoms with van der Waals surface area (Å²) in [4.78, 5) is 31.7. The van der Waals surface area contributed by atoms with Gasteiger partial charge < -0.3 is 10.4 Å². The highest BCUT2D eigenvalue weighted by atomic mass is 35.5. The molecule has 22 heavy (non-hydrogen) atoms. The Kier molecular flexibility index (Phi) is 6.89. The first kappa shape index (κ1) is 18.5. The lowest BCUT2D eigenvalue weighted by molar-refractivity contribution is -0.0134. The fraction of sp³-hybridized carbons (Fsp3) is 0.500. The number of aliphatic hydroxyl groups is 1. The van der Waals surface area contributed by atoms with Gasteiger partial charge in [-0.25, -0.2) is 5.48 Å². The Bertz CT molecular complexity index is 531. The summed E-state index contributed by atoms with van der Waals surface area (Å²) in [5.41, 5.74) is 1.87. The molecule has 1 rings (SSSR count). The van der Waals surface area contributed by atoms with Crippen LogP contribution in [0.5, 0.6) is 0 Å². The van der Waals surface area contributed by atoms with Crippen LogP contribution < -0.4 is 10.8 Å². The second kappa shape index (κ2) is 8.19. The summed E-state index contributed by atoms with van der Waals surface area (Å²) in [6, 6.07) is 2.90. The molecule has 0 saturated carbocycles. The Balaban J connectivity index is 2.46. The Morgan fingerprint density at radius 3 is 2.73 bits per heavy atom. The van der Waals surface area contributed by atoms with Crippen LogP contribution >= 0.6 is 11.6 Å². The van der Waals surface area contributed by atoms with Crippen molar-refractivity contribution in [2.24, 2.45) is 0 Å². The van der Waals surface area contributed by atoms with Crippen molar-refractivity contribution in [3.05, 3.63) is 29.6 Å². The zero-order valence-corrected chi connectivity index (χ0v) is 13.5. The number of carbonyl (C=O) groups is 2. The lowest BCUT2D eigenvalue weighted by Gasteiger charge is -2.22. The number of hydroxylamine groups is 1. The van der Waals surface area contributed by atoms with Crippen LogP contribution in [0.1, 0.15) is 41.6 Å². The standard InChI is InChI=1S/C14H20ClN3O4/c1-14(2,3)17-7-9(19)8-22-18-13(21)10-5-4-6-16-11(10)12(15)20/h4-6,9,17,19H,7-8H2,1-3H3,(H,18,21). The van der Waals surface area contributed by atoms with Crippen LogP contribution in [0.25, 0.3) is 0 Å². The van der Waals surface area contributed by atoms with E-state index in [0.29, 0.717) is 6.54 Å². The number of halogens is 1. The molecule has 7 nitrogen and oxygen atoms in total. The van der Waals surface area contributed by atoms with Crippen molar-refractivity contribution in [3.8, 4) is 0 Å². The average molecular weight is 330 g/mol. The Morgan fingerprint density at radius 2 is 2.14 bits per heavy atom. The fourth-order valence-electron chi connectivity index (χ4n) is 1.49. The first-order chi connectivity index (χ1) is 10.2. The van der Waals surface area contributed by atoms with E-state index < -0.39 is 17.3 Å². The smallest absolute Gasteiger partial charge is 0.277 e. The highest BCUT2D eigenvalue weighted by Crippen LogP contribution is 2.08. The molecule has 0 saturated heterocycles. The number of rotatable bonds is 7. The molecule has 1 aromatic rings. The van der Waals surface area contributed by atoms with Crippen molar-refractivity contribution in [3.63, 3.8) is 0 Å². The van der Waals surface area contributed by atoms with Gasteiger partial charge >= 0.3 is 0 Å². The molecule has 0 fully saturated rings. The Labute approximate surface area is 134 Å². The van der Waals surface area contributed by atoms with Crippen molar-refractivity contribution in [2.75, 3.05) is 13.2 Å². The van der Waals surface area contributed by atoms with Crippen LogP contribution in [0.4, 0.5) is 0 Å². The molecule has 1 unspecified atom stereocenters. The molecule has 1 heterocycles. The molecule has 1 atom stereocenters. The highest BCUT2D eigenvalue weighted by molar-refractivity contribution is 6.67. The average Bonchev–Trinajstić information content (AvgIpc) is 2.44.